The molecule has 0 radical (unpaired) electrons. The Kier molecular flexibility index (Phi) is 7.43. The van der Waals surface area contributed by atoms with Crippen molar-refractivity contribution in [2.75, 3.05) is 18.6 Å². The van der Waals surface area contributed by atoms with Crippen LogP contribution in [-0.4, -0.2) is 58.4 Å². The van der Waals surface area contributed by atoms with Gasteiger partial charge in [-0.3, -0.25) is 28.9 Å². The molecule has 240 valence electrons. The monoisotopic (exact) mass is 654 g/mol. The van der Waals surface area contributed by atoms with E-state index in [0.717, 1.165) is 10.5 Å². The van der Waals surface area contributed by atoms with Gasteiger partial charge in [0.2, 0.25) is 23.6 Å². The van der Waals surface area contributed by atoms with Crippen LogP contribution in [0.25, 0.3) is 0 Å². The molecule has 10 nitrogen and oxygen atoms in total. The van der Waals surface area contributed by atoms with E-state index in [9.17, 15) is 29.4 Å². The van der Waals surface area contributed by atoms with Gasteiger partial charge in [-0.05, 0) is 48.6 Å². The fourth-order valence-corrected chi connectivity index (χ4v) is 8.70. The van der Waals surface area contributed by atoms with Crippen LogP contribution in [-0.2, 0) is 29.4 Å². The van der Waals surface area contributed by atoms with Crippen molar-refractivity contribution in [3.05, 3.63) is 101 Å². The van der Waals surface area contributed by atoms with E-state index in [2.05, 4.69) is 0 Å². The number of aliphatic carboxylic acids is 1. The summed E-state index contributed by atoms with van der Waals surface area (Å²) in [6.07, 6.45) is 1.84. The van der Waals surface area contributed by atoms with Crippen LogP contribution in [0.15, 0.2) is 84.4 Å². The van der Waals surface area contributed by atoms with E-state index in [0.29, 0.717) is 27.6 Å². The molecule has 6 atom stereocenters. The summed E-state index contributed by atoms with van der Waals surface area (Å²) in [5.41, 5.74) is 0.698. The van der Waals surface area contributed by atoms with Crippen molar-refractivity contribution < 1.29 is 38.9 Å². The number of hydrogen-bond acceptors (Lipinski definition) is 7. The number of likely N-dealkylation sites (tertiary alicyclic amines) is 1. The van der Waals surface area contributed by atoms with Gasteiger partial charge in [0, 0.05) is 29.1 Å². The lowest BCUT2D eigenvalue weighted by molar-refractivity contribution is -0.142. The molecule has 3 aromatic carbocycles. The third-order valence-electron chi connectivity index (χ3n) is 10.3. The minimum Gasteiger partial charge on any atom is -0.508 e. The summed E-state index contributed by atoms with van der Waals surface area (Å²) >= 11 is 6.34. The zero-order valence-electron chi connectivity index (χ0n) is 25.3. The highest BCUT2D eigenvalue weighted by molar-refractivity contribution is 6.32. The zero-order valence-corrected chi connectivity index (χ0v) is 26.1. The number of phenols is 1. The summed E-state index contributed by atoms with van der Waals surface area (Å²) < 4.78 is 5.77. The first-order valence-corrected chi connectivity index (χ1v) is 15.8. The number of carbonyl (C=O) groups is 5. The van der Waals surface area contributed by atoms with Gasteiger partial charge in [0.25, 0.3) is 0 Å². The third kappa shape index (κ3) is 4.49. The highest BCUT2D eigenvalue weighted by atomic mass is 35.5. The van der Waals surface area contributed by atoms with Crippen molar-refractivity contribution in [3.63, 3.8) is 0 Å². The number of aromatic hydroxyl groups is 1. The quantitative estimate of drug-likeness (QED) is 0.276. The second kappa shape index (κ2) is 11.4. The van der Waals surface area contributed by atoms with Crippen LogP contribution in [0.2, 0.25) is 5.02 Å². The number of benzene rings is 3. The van der Waals surface area contributed by atoms with Crippen LogP contribution in [0.5, 0.6) is 11.5 Å². The molecule has 11 heteroatoms. The van der Waals surface area contributed by atoms with Gasteiger partial charge in [0.1, 0.15) is 11.5 Å². The van der Waals surface area contributed by atoms with Crippen molar-refractivity contribution in [2.24, 2.45) is 23.7 Å². The first-order chi connectivity index (χ1) is 22.6. The molecule has 47 heavy (non-hydrogen) atoms. The summed E-state index contributed by atoms with van der Waals surface area (Å²) in [5, 5.41) is 20.0. The van der Waals surface area contributed by atoms with Crippen molar-refractivity contribution in [1.82, 2.24) is 4.90 Å². The average Bonchev–Trinajstić information content (AvgIpc) is 3.44. The molecule has 0 aromatic heterocycles. The largest absolute Gasteiger partial charge is 0.508 e. The van der Waals surface area contributed by atoms with Crippen LogP contribution in [0.1, 0.15) is 36.3 Å². The molecule has 4 aliphatic rings. The van der Waals surface area contributed by atoms with Crippen molar-refractivity contribution >= 4 is 46.9 Å². The Labute approximate surface area is 275 Å². The number of imide groups is 2. The molecule has 6 unspecified atom stereocenters. The molecular weight excluding hydrogens is 624 g/mol. The normalized spacial score (nSPS) is 28.1. The molecule has 2 saturated heterocycles. The summed E-state index contributed by atoms with van der Waals surface area (Å²) in [6, 6.07) is 20.2. The van der Waals surface area contributed by atoms with Crippen LogP contribution < -0.4 is 9.64 Å². The third-order valence-corrected chi connectivity index (χ3v) is 10.6. The number of rotatable bonds is 7. The van der Waals surface area contributed by atoms with Crippen LogP contribution in [0, 0.1) is 23.7 Å². The first kappa shape index (κ1) is 30.7. The smallest absolute Gasteiger partial charge is 0.305 e. The van der Waals surface area contributed by atoms with Gasteiger partial charge in [-0.25, -0.2) is 4.90 Å². The summed E-state index contributed by atoms with van der Waals surface area (Å²) in [4.78, 5) is 71.0. The average molecular weight is 655 g/mol. The number of fused-ring (bicyclic) bond motifs is 4. The zero-order chi connectivity index (χ0) is 33.2. The minimum absolute atomic E-state index is 0.0547. The van der Waals surface area contributed by atoms with Gasteiger partial charge in [0.15, 0.2) is 0 Å². The Bertz CT molecular complexity index is 1880. The van der Waals surface area contributed by atoms with Crippen molar-refractivity contribution in [1.29, 1.82) is 0 Å². The topological polar surface area (TPSA) is 142 Å². The maximum atomic E-state index is 15.2. The summed E-state index contributed by atoms with van der Waals surface area (Å²) in [6.45, 7) is -0.241. The van der Waals surface area contributed by atoms with Gasteiger partial charge in [-0.1, -0.05) is 65.7 Å². The Balaban J connectivity index is 1.48. The van der Waals surface area contributed by atoms with Gasteiger partial charge >= 0.3 is 5.97 Å². The lowest BCUT2D eigenvalue weighted by atomic mass is 9.49. The van der Waals surface area contributed by atoms with Gasteiger partial charge in [-0.2, -0.15) is 0 Å². The predicted molar refractivity (Wildman–Crippen MR) is 170 cm³/mol. The molecule has 2 aliphatic carbocycles. The predicted octanol–water partition coefficient (Wildman–Crippen LogP) is 4.69. The lowest BCUT2D eigenvalue weighted by Crippen LogP contribution is -2.53. The van der Waals surface area contributed by atoms with E-state index in [-0.39, 0.29) is 31.6 Å². The van der Waals surface area contributed by atoms with Crippen LogP contribution >= 0.6 is 11.6 Å². The number of carboxylic acid groups (broad SMARTS) is 1. The van der Waals surface area contributed by atoms with E-state index in [4.69, 9.17) is 16.3 Å². The molecular formula is C36H31ClN2O8. The number of amides is 4. The Hall–Kier alpha value is -4.96. The summed E-state index contributed by atoms with van der Waals surface area (Å²) in [7, 11) is 1.45. The number of ether oxygens (including phenoxy) is 1. The molecule has 4 amide bonds. The summed E-state index contributed by atoms with van der Waals surface area (Å²) in [5.74, 6) is -6.64. The van der Waals surface area contributed by atoms with Gasteiger partial charge in [-0.15, -0.1) is 0 Å². The molecule has 3 aromatic rings. The second-order valence-corrected chi connectivity index (χ2v) is 12.9. The minimum atomic E-state index is -1.49. The lowest BCUT2D eigenvalue weighted by Gasteiger charge is -2.51. The fourth-order valence-electron chi connectivity index (χ4n) is 8.52. The molecule has 1 saturated carbocycles. The number of halogens is 1. The maximum absolute atomic E-state index is 15.2. The van der Waals surface area contributed by atoms with Crippen LogP contribution in [0.3, 0.4) is 0 Å². The standard InChI is InChI=1S/C36H31ClN2O8/c1-47-28-17-22(40)10-11-24(28)31-23-12-13-25-30(34(45)38(32(25)43)15-14-29(41)42)26(23)18-27-33(44)39(21-9-5-8-20(37)16-21)35(46)36(27,31)19-6-3-2-4-7-19/h2-12,16-17,25-27,30-31,40H,13-15,18H2,1H3,(H,41,42). The van der Waals surface area contributed by atoms with E-state index < -0.39 is 64.6 Å². The van der Waals surface area contributed by atoms with E-state index >= 15 is 4.79 Å². The Morgan fingerprint density at radius 1 is 0.957 bits per heavy atom. The Morgan fingerprint density at radius 2 is 1.72 bits per heavy atom. The van der Waals surface area contributed by atoms with Gasteiger partial charge in [0.05, 0.1) is 42.4 Å². The molecule has 0 bridgehead atoms. The number of phenolic OH excluding ortho intramolecular Hbond substituents is 1. The Morgan fingerprint density at radius 3 is 2.43 bits per heavy atom. The van der Waals surface area contributed by atoms with Crippen molar-refractivity contribution in [2.45, 2.75) is 30.6 Å². The van der Waals surface area contributed by atoms with Gasteiger partial charge < -0.3 is 14.9 Å². The maximum Gasteiger partial charge on any atom is 0.305 e. The van der Waals surface area contributed by atoms with E-state index in [1.165, 1.54) is 24.1 Å². The number of methoxy groups -OCH3 is 1. The van der Waals surface area contributed by atoms with Crippen molar-refractivity contribution in [3.8, 4) is 11.5 Å². The first-order valence-electron chi connectivity index (χ1n) is 15.4. The molecule has 2 N–H and O–H groups in total. The van der Waals surface area contributed by atoms with Crippen LogP contribution in [0.4, 0.5) is 5.69 Å². The number of nitrogens with zero attached hydrogens (tertiary/aromatic N) is 2. The molecule has 2 heterocycles. The number of hydrogen-bond donors (Lipinski definition) is 2. The molecule has 3 fully saturated rings. The van der Waals surface area contributed by atoms with E-state index in [1.807, 2.05) is 36.4 Å². The molecule has 0 spiro atoms. The highest BCUT2D eigenvalue weighted by Gasteiger charge is 2.70. The number of allylic oxidation sites excluding steroid dienone is 2. The SMILES string of the molecule is COc1cc(O)ccc1C1C2=CCC3C(=O)N(CCC(=O)O)C(=O)C3C2CC2C(=O)N(c3cccc(Cl)c3)C(=O)C21c1ccccc1. The fraction of sp³-hybridized carbons (Fsp3) is 0.306. The second-order valence-electron chi connectivity index (χ2n) is 12.5. The number of carboxylic acids is 1. The molecule has 7 rings (SSSR count). The number of carbonyl (C=O) groups excluding carboxylic acids is 4. The highest BCUT2D eigenvalue weighted by Crippen LogP contribution is 2.65. The van der Waals surface area contributed by atoms with E-state index in [1.54, 1.807) is 30.3 Å². The molecule has 2 aliphatic heterocycles. The number of anilines is 1.